The summed E-state index contributed by atoms with van der Waals surface area (Å²) in [6.07, 6.45) is 6.93. The SMILES string of the molecule is CC(C)n1cc(C(=O)Nc2ccc(OC3=CC(NS(C)(=O)=O)=CN/C3=C\C=N)c(F)c2)c(=O)n(-c2ccc(F)cc2)c1=O. The third-order valence-electron chi connectivity index (χ3n) is 5.90. The second-order valence-electron chi connectivity index (χ2n) is 9.52. The fourth-order valence-corrected chi connectivity index (χ4v) is 4.50. The average molecular weight is 613 g/mol. The molecule has 0 bridgehead atoms. The maximum Gasteiger partial charge on any atom is 0.335 e. The Kier molecular flexibility index (Phi) is 8.75. The third kappa shape index (κ3) is 7.13. The summed E-state index contributed by atoms with van der Waals surface area (Å²) in [5.74, 6) is -2.74. The van der Waals surface area contributed by atoms with Crippen LogP contribution < -0.4 is 31.3 Å². The lowest BCUT2D eigenvalue weighted by Crippen LogP contribution is -2.42. The van der Waals surface area contributed by atoms with Gasteiger partial charge in [0.2, 0.25) is 10.0 Å². The number of allylic oxidation sites excluding steroid dienone is 2. The van der Waals surface area contributed by atoms with Crippen LogP contribution in [0.1, 0.15) is 30.2 Å². The number of benzene rings is 2. The molecule has 0 radical (unpaired) electrons. The van der Waals surface area contributed by atoms with Crippen molar-refractivity contribution in [2.45, 2.75) is 19.9 Å². The molecule has 15 heteroatoms. The first-order chi connectivity index (χ1) is 20.3. The molecule has 4 N–H and O–H groups in total. The smallest absolute Gasteiger partial charge is 0.335 e. The number of hydrogen-bond acceptors (Lipinski definition) is 8. The van der Waals surface area contributed by atoms with E-state index in [-0.39, 0.29) is 34.3 Å². The van der Waals surface area contributed by atoms with Crippen LogP contribution in [0.2, 0.25) is 0 Å². The number of nitrogens with zero attached hydrogens (tertiary/aromatic N) is 2. The maximum atomic E-state index is 15.1. The van der Waals surface area contributed by atoms with E-state index in [1.165, 1.54) is 47.2 Å². The van der Waals surface area contributed by atoms with Crippen LogP contribution in [-0.4, -0.2) is 35.9 Å². The Labute approximate surface area is 244 Å². The molecular formula is C28H26F2N6O6S. The van der Waals surface area contributed by atoms with E-state index in [1.54, 1.807) is 13.8 Å². The Morgan fingerprint density at radius 2 is 1.81 bits per heavy atom. The molecule has 43 heavy (non-hydrogen) atoms. The number of aromatic nitrogens is 2. The summed E-state index contributed by atoms with van der Waals surface area (Å²) < 4.78 is 61.6. The topological polar surface area (TPSA) is 164 Å². The van der Waals surface area contributed by atoms with Crippen molar-refractivity contribution in [3.8, 4) is 11.4 Å². The molecule has 0 fully saturated rings. The molecular weight excluding hydrogens is 586 g/mol. The lowest BCUT2D eigenvalue weighted by Gasteiger charge is -2.20. The van der Waals surface area contributed by atoms with Crippen molar-refractivity contribution >= 4 is 27.8 Å². The average Bonchev–Trinajstić information content (AvgIpc) is 2.91. The molecule has 224 valence electrons. The molecule has 0 saturated carbocycles. The fourth-order valence-electron chi connectivity index (χ4n) is 3.95. The van der Waals surface area contributed by atoms with Crippen LogP contribution in [0, 0.1) is 17.0 Å². The molecule has 1 aliphatic heterocycles. The van der Waals surface area contributed by atoms with E-state index in [0.29, 0.717) is 0 Å². The first-order valence-corrected chi connectivity index (χ1v) is 14.5. The molecule has 2 heterocycles. The van der Waals surface area contributed by atoms with Crippen molar-refractivity contribution in [2.24, 2.45) is 0 Å². The predicted octanol–water partition coefficient (Wildman–Crippen LogP) is 2.90. The van der Waals surface area contributed by atoms with Gasteiger partial charge in [0.1, 0.15) is 11.4 Å². The summed E-state index contributed by atoms with van der Waals surface area (Å²) in [5.41, 5.74) is -1.77. The molecule has 1 aromatic heterocycles. The van der Waals surface area contributed by atoms with Crippen molar-refractivity contribution in [1.82, 2.24) is 19.2 Å². The highest BCUT2D eigenvalue weighted by atomic mass is 32.2. The van der Waals surface area contributed by atoms with E-state index in [4.69, 9.17) is 10.1 Å². The van der Waals surface area contributed by atoms with Crippen molar-refractivity contribution in [2.75, 3.05) is 11.6 Å². The van der Waals surface area contributed by atoms with E-state index in [2.05, 4.69) is 15.4 Å². The Bertz CT molecular complexity index is 1930. The van der Waals surface area contributed by atoms with Gasteiger partial charge in [0.25, 0.3) is 11.5 Å². The predicted molar refractivity (Wildman–Crippen MR) is 156 cm³/mol. The van der Waals surface area contributed by atoms with Crippen LogP contribution in [0.25, 0.3) is 5.69 Å². The van der Waals surface area contributed by atoms with Gasteiger partial charge in [-0.15, -0.1) is 0 Å². The van der Waals surface area contributed by atoms with Gasteiger partial charge in [-0.3, -0.25) is 18.9 Å². The van der Waals surface area contributed by atoms with Crippen molar-refractivity contribution in [3.63, 3.8) is 0 Å². The standard InChI is InChI=1S/C28H26F2N6O6S/c1-16(2)35-15-21(27(38)36(28(35)39)20-7-4-17(29)5-8-20)26(37)33-18-6-9-24(22(30)12-18)42-25-13-19(34-43(3,40)41)14-32-23(25)10-11-31/h4-16,31-32,34H,1-3H3,(H,33,37)/b23-10-,31-11?. The highest BCUT2D eigenvalue weighted by Crippen LogP contribution is 2.26. The van der Waals surface area contributed by atoms with Crippen LogP contribution in [0.5, 0.6) is 5.75 Å². The summed E-state index contributed by atoms with van der Waals surface area (Å²) in [5, 5.41) is 12.5. The van der Waals surface area contributed by atoms with E-state index < -0.39 is 50.4 Å². The maximum absolute atomic E-state index is 15.1. The van der Waals surface area contributed by atoms with E-state index in [9.17, 15) is 27.2 Å². The molecule has 1 amide bonds. The van der Waals surface area contributed by atoms with Crippen LogP contribution in [0.15, 0.2) is 93.8 Å². The van der Waals surface area contributed by atoms with Gasteiger partial charge in [0, 0.05) is 42.5 Å². The summed E-state index contributed by atoms with van der Waals surface area (Å²) in [6, 6.07) is 7.59. The molecule has 4 rings (SSSR count). The summed E-state index contributed by atoms with van der Waals surface area (Å²) in [6.45, 7) is 3.35. The van der Waals surface area contributed by atoms with Crippen molar-refractivity contribution in [1.29, 1.82) is 5.41 Å². The number of sulfonamides is 1. The second kappa shape index (κ2) is 12.3. The number of hydrogen-bond donors (Lipinski definition) is 4. The van der Waals surface area contributed by atoms with Crippen molar-refractivity contribution in [3.05, 3.63) is 122 Å². The van der Waals surface area contributed by atoms with Gasteiger partial charge >= 0.3 is 5.69 Å². The van der Waals surface area contributed by atoms with Crippen molar-refractivity contribution < 1.29 is 26.7 Å². The summed E-state index contributed by atoms with van der Waals surface area (Å²) in [4.78, 5) is 39.4. The van der Waals surface area contributed by atoms with Gasteiger partial charge < -0.3 is 20.8 Å². The molecule has 0 unspecified atom stereocenters. The first-order valence-electron chi connectivity index (χ1n) is 12.6. The third-order valence-corrected chi connectivity index (χ3v) is 6.50. The summed E-state index contributed by atoms with van der Waals surface area (Å²) in [7, 11) is -3.63. The normalized spacial score (nSPS) is 14.0. The zero-order valence-electron chi connectivity index (χ0n) is 23.0. The number of anilines is 1. The quantitative estimate of drug-likeness (QED) is 0.270. The van der Waals surface area contributed by atoms with E-state index >= 15 is 4.39 Å². The Morgan fingerprint density at radius 3 is 2.42 bits per heavy atom. The number of nitrogens with one attached hydrogen (secondary N) is 4. The van der Waals surface area contributed by atoms with Gasteiger partial charge in [0.05, 0.1) is 23.3 Å². The number of halogens is 2. The van der Waals surface area contributed by atoms with Crippen LogP contribution in [0.3, 0.4) is 0 Å². The van der Waals surface area contributed by atoms with Gasteiger partial charge in [-0.2, -0.15) is 0 Å². The molecule has 0 atom stereocenters. The number of carbonyl (C=O) groups is 1. The number of amides is 1. The number of carbonyl (C=O) groups excluding carboxylic acids is 1. The van der Waals surface area contributed by atoms with Gasteiger partial charge in [-0.25, -0.2) is 26.6 Å². The Morgan fingerprint density at radius 1 is 1.12 bits per heavy atom. The second-order valence-corrected chi connectivity index (χ2v) is 11.3. The molecule has 0 spiro atoms. The minimum Gasteiger partial charge on any atom is -0.452 e. The zero-order chi connectivity index (χ0) is 31.5. The largest absolute Gasteiger partial charge is 0.452 e. The van der Waals surface area contributed by atoms with Gasteiger partial charge in [-0.1, -0.05) is 0 Å². The van der Waals surface area contributed by atoms with Gasteiger partial charge in [-0.05, 0) is 56.3 Å². The van der Waals surface area contributed by atoms with E-state index in [0.717, 1.165) is 41.4 Å². The Hall–Kier alpha value is -5.31. The monoisotopic (exact) mass is 612 g/mol. The van der Waals surface area contributed by atoms with E-state index in [1.807, 2.05) is 0 Å². The molecule has 0 saturated heterocycles. The molecule has 12 nitrogen and oxygen atoms in total. The summed E-state index contributed by atoms with van der Waals surface area (Å²) >= 11 is 0. The molecule has 2 aromatic carbocycles. The number of dihydropyridines is 1. The molecule has 3 aromatic rings. The number of rotatable bonds is 9. The lowest BCUT2D eigenvalue weighted by atomic mass is 10.2. The van der Waals surface area contributed by atoms with Crippen LogP contribution >= 0.6 is 0 Å². The zero-order valence-corrected chi connectivity index (χ0v) is 23.8. The van der Waals surface area contributed by atoms with Crippen LogP contribution in [0.4, 0.5) is 14.5 Å². The van der Waals surface area contributed by atoms with Gasteiger partial charge in [0.15, 0.2) is 17.3 Å². The van der Waals surface area contributed by atoms with Crippen LogP contribution in [-0.2, 0) is 10.0 Å². The highest BCUT2D eigenvalue weighted by Gasteiger charge is 2.21. The molecule has 1 aliphatic rings. The minimum atomic E-state index is -3.63. The Balaban J connectivity index is 1.64. The minimum absolute atomic E-state index is 0.00915. The lowest BCUT2D eigenvalue weighted by molar-refractivity contribution is 0.102. The first kappa shape index (κ1) is 30.6. The molecule has 0 aliphatic carbocycles. The fraction of sp³-hybridized carbons (Fsp3) is 0.143. The number of ether oxygens (including phenoxy) is 1. The highest BCUT2D eigenvalue weighted by molar-refractivity contribution is 7.88.